The molecule has 7 heteroatoms. The van der Waals surface area contributed by atoms with Gasteiger partial charge in [-0.3, -0.25) is 9.59 Å². The fourth-order valence-electron chi connectivity index (χ4n) is 2.17. The smallest absolute Gasteiger partial charge is 0.242 e. The molecule has 1 aromatic rings. The number of hydrogen-bond donors (Lipinski definition) is 1. The third-order valence-corrected chi connectivity index (χ3v) is 3.60. The third kappa shape index (κ3) is 3.30. The van der Waals surface area contributed by atoms with Crippen molar-refractivity contribution in [3.63, 3.8) is 0 Å². The van der Waals surface area contributed by atoms with E-state index in [9.17, 15) is 9.59 Å². The van der Waals surface area contributed by atoms with E-state index in [0.29, 0.717) is 17.9 Å². The molecule has 0 aliphatic carbocycles. The van der Waals surface area contributed by atoms with Gasteiger partial charge in [-0.05, 0) is 17.7 Å². The Bertz CT molecular complexity index is 603. The summed E-state index contributed by atoms with van der Waals surface area (Å²) in [5, 5.41) is 0. The number of likely N-dealkylation sites (N-methyl/N-ethyl adjacent to an activating group) is 1. The lowest BCUT2D eigenvalue weighted by Gasteiger charge is -2.31. The quantitative estimate of drug-likeness (QED) is 0.800. The molecule has 0 bridgehead atoms. The minimum absolute atomic E-state index is 0.0716. The molecule has 0 spiro atoms. The highest BCUT2D eigenvalue weighted by Crippen LogP contribution is 2.21. The van der Waals surface area contributed by atoms with Gasteiger partial charge in [-0.1, -0.05) is 18.3 Å². The molecule has 0 unspecified atom stereocenters. The summed E-state index contributed by atoms with van der Waals surface area (Å²) in [6.45, 7) is 0.541. The van der Waals surface area contributed by atoms with Crippen LogP contribution in [0.1, 0.15) is 11.1 Å². The van der Waals surface area contributed by atoms with E-state index >= 15 is 0 Å². The lowest BCUT2D eigenvalue weighted by Crippen LogP contribution is -2.51. The molecular weight excluding hydrogens is 290 g/mol. The van der Waals surface area contributed by atoms with Crippen molar-refractivity contribution in [1.29, 1.82) is 0 Å². The van der Waals surface area contributed by atoms with E-state index < -0.39 is 0 Å². The standard InChI is InChI=1S/C14H17N3O3S/c1-16-7-13(19)17(8-12(16)18)6-9-3-4-11(20-2)10(5-9)14(15)21/h3-5H,6-8H2,1-2H3,(H2,15,21). The number of amides is 2. The van der Waals surface area contributed by atoms with E-state index in [4.69, 9.17) is 22.7 Å². The number of nitrogens with zero attached hydrogens (tertiary/aromatic N) is 2. The second-order valence-electron chi connectivity index (χ2n) is 4.90. The molecule has 6 nitrogen and oxygen atoms in total. The zero-order chi connectivity index (χ0) is 15.6. The zero-order valence-corrected chi connectivity index (χ0v) is 12.8. The zero-order valence-electron chi connectivity index (χ0n) is 12.0. The number of ether oxygens (including phenoxy) is 1. The van der Waals surface area contributed by atoms with E-state index in [1.165, 1.54) is 9.80 Å². The van der Waals surface area contributed by atoms with Crippen molar-refractivity contribution >= 4 is 29.0 Å². The van der Waals surface area contributed by atoms with Gasteiger partial charge in [0.25, 0.3) is 0 Å². The van der Waals surface area contributed by atoms with E-state index in [2.05, 4.69) is 0 Å². The lowest BCUT2D eigenvalue weighted by molar-refractivity contribution is -0.149. The topological polar surface area (TPSA) is 75.9 Å². The Morgan fingerprint density at radius 2 is 2.05 bits per heavy atom. The molecule has 0 aromatic heterocycles. The highest BCUT2D eigenvalue weighted by atomic mass is 32.1. The predicted octanol–water partition coefficient (Wildman–Crippen LogP) is 0.130. The maximum Gasteiger partial charge on any atom is 0.242 e. The van der Waals surface area contributed by atoms with Gasteiger partial charge in [0, 0.05) is 13.6 Å². The molecule has 1 aromatic carbocycles. The van der Waals surface area contributed by atoms with Crippen molar-refractivity contribution in [2.24, 2.45) is 5.73 Å². The largest absolute Gasteiger partial charge is 0.496 e. The molecule has 1 fully saturated rings. The van der Waals surface area contributed by atoms with Gasteiger partial charge >= 0.3 is 0 Å². The summed E-state index contributed by atoms with van der Waals surface area (Å²) in [6.07, 6.45) is 0. The molecule has 1 saturated heterocycles. The molecule has 21 heavy (non-hydrogen) atoms. The van der Waals surface area contributed by atoms with Gasteiger partial charge in [-0.2, -0.15) is 0 Å². The lowest BCUT2D eigenvalue weighted by atomic mass is 10.1. The van der Waals surface area contributed by atoms with Crippen LogP contribution in [0.2, 0.25) is 0 Å². The highest BCUT2D eigenvalue weighted by Gasteiger charge is 2.27. The number of rotatable bonds is 4. The molecule has 2 amide bonds. The molecule has 112 valence electrons. The number of carbonyl (C=O) groups is 2. The molecule has 0 atom stereocenters. The second kappa shape index (κ2) is 6.09. The second-order valence-corrected chi connectivity index (χ2v) is 5.34. The summed E-state index contributed by atoms with van der Waals surface area (Å²) >= 11 is 4.99. The fourth-order valence-corrected chi connectivity index (χ4v) is 2.33. The number of nitrogens with two attached hydrogens (primary N) is 1. The number of thiocarbonyl (C=S) groups is 1. The van der Waals surface area contributed by atoms with Crippen LogP contribution in [0.3, 0.4) is 0 Å². The van der Waals surface area contributed by atoms with Crippen molar-refractivity contribution in [3.05, 3.63) is 29.3 Å². The maximum atomic E-state index is 12.0. The number of carbonyl (C=O) groups excluding carboxylic acids is 2. The van der Waals surface area contributed by atoms with Gasteiger partial charge in [0.15, 0.2) is 0 Å². The van der Waals surface area contributed by atoms with E-state index in [1.54, 1.807) is 26.3 Å². The predicted molar refractivity (Wildman–Crippen MR) is 81.9 cm³/mol. The Morgan fingerprint density at radius 1 is 1.33 bits per heavy atom. The Kier molecular flexibility index (Phi) is 4.42. The van der Waals surface area contributed by atoms with Crippen LogP contribution in [0.4, 0.5) is 0 Å². The Balaban J connectivity index is 2.20. The molecule has 0 radical (unpaired) electrons. The van der Waals surface area contributed by atoms with Gasteiger partial charge in [-0.25, -0.2) is 0 Å². The number of benzene rings is 1. The van der Waals surface area contributed by atoms with Crippen molar-refractivity contribution in [2.75, 3.05) is 27.2 Å². The Labute approximate surface area is 128 Å². The average molecular weight is 307 g/mol. The van der Waals surface area contributed by atoms with Gasteiger partial charge in [0.1, 0.15) is 17.3 Å². The van der Waals surface area contributed by atoms with Gasteiger partial charge in [0.2, 0.25) is 11.8 Å². The summed E-state index contributed by atoms with van der Waals surface area (Å²) in [6, 6.07) is 5.38. The van der Waals surface area contributed by atoms with Crippen LogP contribution >= 0.6 is 12.2 Å². The first kappa shape index (κ1) is 15.2. The summed E-state index contributed by atoms with van der Waals surface area (Å²) in [7, 11) is 3.16. The summed E-state index contributed by atoms with van der Waals surface area (Å²) in [4.78, 5) is 26.8. The van der Waals surface area contributed by atoms with Crippen molar-refractivity contribution < 1.29 is 14.3 Å². The van der Waals surface area contributed by atoms with Crippen LogP contribution < -0.4 is 10.5 Å². The van der Waals surface area contributed by atoms with E-state index in [-0.39, 0.29) is 29.9 Å². The van der Waals surface area contributed by atoms with Crippen LogP contribution in [0.15, 0.2) is 18.2 Å². The van der Waals surface area contributed by atoms with Crippen LogP contribution in [0.25, 0.3) is 0 Å². The highest BCUT2D eigenvalue weighted by molar-refractivity contribution is 7.80. The first-order valence-corrected chi connectivity index (χ1v) is 6.81. The van der Waals surface area contributed by atoms with Crippen molar-refractivity contribution in [3.8, 4) is 5.75 Å². The Morgan fingerprint density at radius 3 is 2.67 bits per heavy atom. The molecule has 0 saturated carbocycles. The van der Waals surface area contributed by atoms with Crippen molar-refractivity contribution in [1.82, 2.24) is 9.80 Å². The summed E-state index contributed by atoms with van der Waals surface area (Å²) in [5.74, 6) is 0.439. The molecule has 1 heterocycles. The Hall–Kier alpha value is -2.15. The third-order valence-electron chi connectivity index (χ3n) is 3.38. The number of methoxy groups -OCH3 is 1. The molecule has 2 N–H and O–H groups in total. The van der Waals surface area contributed by atoms with Gasteiger partial charge in [0.05, 0.1) is 19.2 Å². The molecule has 1 aliphatic heterocycles. The average Bonchev–Trinajstić information content (AvgIpc) is 2.44. The number of piperazine rings is 1. The van der Waals surface area contributed by atoms with Gasteiger partial charge < -0.3 is 20.3 Å². The number of hydrogen-bond acceptors (Lipinski definition) is 4. The minimum Gasteiger partial charge on any atom is -0.496 e. The maximum absolute atomic E-state index is 12.0. The van der Waals surface area contributed by atoms with Gasteiger partial charge in [-0.15, -0.1) is 0 Å². The van der Waals surface area contributed by atoms with Crippen LogP contribution in [-0.2, 0) is 16.1 Å². The normalized spacial score (nSPS) is 15.3. The van der Waals surface area contributed by atoms with E-state index in [1.807, 2.05) is 6.07 Å². The van der Waals surface area contributed by atoms with Crippen LogP contribution in [0.5, 0.6) is 5.75 Å². The molecule has 2 rings (SSSR count). The van der Waals surface area contributed by atoms with Crippen LogP contribution in [0, 0.1) is 0 Å². The van der Waals surface area contributed by atoms with Crippen molar-refractivity contribution in [2.45, 2.75) is 6.54 Å². The first-order chi connectivity index (χ1) is 9.92. The monoisotopic (exact) mass is 307 g/mol. The summed E-state index contributed by atoms with van der Waals surface area (Å²) < 4.78 is 5.20. The molecular formula is C14H17N3O3S. The SMILES string of the molecule is COc1ccc(CN2CC(=O)N(C)CC2=O)cc1C(N)=S. The first-order valence-electron chi connectivity index (χ1n) is 6.41. The molecule has 1 aliphatic rings. The van der Waals surface area contributed by atoms with Crippen LogP contribution in [-0.4, -0.2) is 53.8 Å². The minimum atomic E-state index is -0.0789. The van der Waals surface area contributed by atoms with E-state index in [0.717, 1.165) is 5.56 Å². The summed E-state index contributed by atoms with van der Waals surface area (Å²) in [5.41, 5.74) is 7.14. The fraction of sp³-hybridized carbons (Fsp3) is 0.357.